The van der Waals surface area contributed by atoms with Gasteiger partial charge in [0.1, 0.15) is 0 Å². The van der Waals surface area contributed by atoms with Crippen molar-refractivity contribution >= 4 is 0 Å². The number of pyridine rings is 1. The maximum atomic E-state index is 5.61. The third-order valence-electron chi connectivity index (χ3n) is 1.96. The van der Waals surface area contributed by atoms with Gasteiger partial charge < -0.3 is 10.3 Å². The number of nitrogens with two attached hydrogens (primary N) is 1. The van der Waals surface area contributed by atoms with Crippen LogP contribution in [0.2, 0.25) is 0 Å². The van der Waals surface area contributed by atoms with Crippen molar-refractivity contribution in [3.63, 3.8) is 0 Å². The maximum absolute atomic E-state index is 5.61. The minimum absolute atomic E-state index is 0.222. The molecule has 78 valence electrons. The van der Waals surface area contributed by atoms with Crippen molar-refractivity contribution in [2.45, 2.75) is 19.4 Å². The quantitative estimate of drug-likeness (QED) is 0.809. The summed E-state index contributed by atoms with van der Waals surface area (Å²) in [6.45, 7) is 1.81. The molecule has 0 unspecified atom stereocenters. The van der Waals surface area contributed by atoms with Crippen molar-refractivity contribution in [2.24, 2.45) is 5.73 Å². The van der Waals surface area contributed by atoms with Crippen molar-refractivity contribution in [1.29, 1.82) is 0 Å². The van der Waals surface area contributed by atoms with Gasteiger partial charge in [-0.15, -0.1) is 0 Å². The molecule has 0 aliphatic carbocycles. The SMILES string of the molecule is C[C@H](N)c1nc(Cc2cccnc2)no1. The first-order valence-electron chi connectivity index (χ1n) is 4.72. The third kappa shape index (κ3) is 2.38. The van der Waals surface area contributed by atoms with E-state index in [1.54, 1.807) is 19.3 Å². The van der Waals surface area contributed by atoms with Crippen LogP contribution < -0.4 is 5.73 Å². The molecule has 0 spiro atoms. The molecule has 2 rings (SSSR count). The monoisotopic (exact) mass is 204 g/mol. The summed E-state index contributed by atoms with van der Waals surface area (Å²) >= 11 is 0. The molecule has 2 heterocycles. The summed E-state index contributed by atoms with van der Waals surface area (Å²) in [6, 6.07) is 3.62. The van der Waals surface area contributed by atoms with E-state index < -0.39 is 0 Å². The van der Waals surface area contributed by atoms with E-state index in [1.807, 2.05) is 12.1 Å². The van der Waals surface area contributed by atoms with Crippen molar-refractivity contribution < 1.29 is 4.52 Å². The van der Waals surface area contributed by atoms with Crippen LogP contribution in [0.25, 0.3) is 0 Å². The summed E-state index contributed by atoms with van der Waals surface area (Å²) in [5.74, 6) is 1.10. The summed E-state index contributed by atoms with van der Waals surface area (Å²) < 4.78 is 4.99. The number of hydrogen-bond donors (Lipinski definition) is 1. The fourth-order valence-electron chi connectivity index (χ4n) is 1.21. The predicted molar refractivity (Wildman–Crippen MR) is 53.9 cm³/mol. The highest BCUT2D eigenvalue weighted by Gasteiger charge is 2.10. The van der Waals surface area contributed by atoms with Crippen LogP contribution in [0.15, 0.2) is 29.0 Å². The largest absolute Gasteiger partial charge is 0.338 e. The molecule has 2 N–H and O–H groups in total. The Labute approximate surface area is 87.3 Å². The highest BCUT2D eigenvalue weighted by molar-refractivity contribution is 5.13. The average molecular weight is 204 g/mol. The van der Waals surface area contributed by atoms with Crippen molar-refractivity contribution in [3.05, 3.63) is 41.8 Å². The average Bonchev–Trinajstić information content (AvgIpc) is 2.68. The lowest BCUT2D eigenvalue weighted by Crippen LogP contribution is -2.05. The minimum atomic E-state index is -0.222. The lowest BCUT2D eigenvalue weighted by molar-refractivity contribution is 0.358. The topological polar surface area (TPSA) is 77.8 Å². The summed E-state index contributed by atoms with van der Waals surface area (Å²) in [5.41, 5.74) is 6.66. The molecule has 0 saturated carbocycles. The number of hydrogen-bond acceptors (Lipinski definition) is 5. The molecule has 0 aliphatic rings. The minimum Gasteiger partial charge on any atom is -0.338 e. The molecule has 0 aliphatic heterocycles. The van der Waals surface area contributed by atoms with E-state index in [4.69, 9.17) is 10.3 Å². The van der Waals surface area contributed by atoms with Crippen LogP contribution in [0.3, 0.4) is 0 Å². The predicted octanol–water partition coefficient (Wildman–Crippen LogP) is 1.08. The fourth-order valence-corrected chi connectivity index (χ4v) is 1.21. The van der Waals surface area contributed by atoms with Crippen molar-refractivity contribution in [2.75, 3.05) is 0 Å². The van der Waals surface area contributed by atoms with Crippen LogP contribution in [0, 0.1) is 0 Å². The maximum Gasteiger partial charge on any atom is 0.243 e. The van der Waals surface area contributed by atoms with Gasteiger partial charge in [0.15, 0.2) is 5.82 Å². The lowest BCUT2D eigenvalue weighted by Gasteiger charge is -1.94. The molecule has 2 aromatic heterocycles. The first-order chi connectivity index (χ1) is 7.25. The van der Waals surface area contributed by atoms with Gasteiger partial charge in [0.05, 0.1) is 6.04 Å². The summed E-state index contributed by atoms with van der Waals surface area (Å²) in [6.07, 6.45) is 4.12. The molecule has 5 heteroatoms. The van der Waals surface area contributed by atoms with Gasteiger partial charge >= 0.3 is 0 Å². The standard InChI is InChI=1S/C10H12N4O/c1-7(11)10-13-9(14-15-10)5-8-3-2-4-12-6-8/h2-4,6-7H,5,11H2,1H3/t7-/m0/s1. The van der Waals surface area contributed by atoms with Gasteiger partial charge in [-0.05, 0) is 18.6 Å². The molecule has 0 saturated heterocycles. The number of rotatable bonds is 3. The number of nitrogens with zero attached hydrogens (tertiary/aromatic N) is 3. The van der Waals surface area contributed by atoms with E-state index in [0.717, 1.165) is 5.56 Å². The fraction of sp³-hybridized carbons (Fsp3) is 0.300. The second-order valence-corrected chi connectivity index (χ2v) is 3.38. The molecule has 5 nitrogen and oxygen atoms in total. The Balaban J connectivity index is 2.12. The van der Waals surface area contributed by atoms with Gasteiger partial charge in [-0.1, -0.05) is 11.2 Å². The zero-order valence-corrected chi connectivity index (χ0v) is 8.42. The van der Waals surface area contributed by atoms with Crippen LogP contribution >= 0.6 is 0 Å². The second-order valence-electron chi connectivity index (χ2n) is 3.38. The van der Waals surface area contributed by atoms with E-state index in [-0.39, 0.29) is 6.04 Å². The highest BCUT2D eigenvalue weighted by atomic mass is 16.5. The highest BCUT2D eigenvalue weighted by Crippen LogP contribution is 2.09. The Morgan fingerprint density at radius 3 is 3.00 bits per heavy atom. The molecule has 2 aromatic rings. The molecule has 1 atom stereocenters. The zero-order valence-electron chi connectivity index (χ0n) is 8.42. The zero-order chi connectivity index (χ0) is 10.7. The van der Waals surface area contributed by atoms with Crippen molar-refractivity contribution in [1.82, 2.24) is 15.1 Å². The first-order valence-corrected chi connectivity index (χ1v) is 4.72. The van der Waals surface area contributed by atoms with E-state index in [2.05, 4.69) is 15.1 Å². The molecule has 0 fully saturated rings. The Morgan fingerprint density at radius 1 is 1.53 bits per heavy atom. The van der Waals surface area contributed by atoms with E-state index in [1.165, 1.54) is 0 Å². The van der Waals surface area contributed by atoms with E-state index in [9.17, 15) is 0 Å². The van der Waals surface area contributed by atoms with Crippen LogP contribution in [-0.2, 0) is 6.42 Å². The van der Waals surface area contributed by atoms with E-state index >= 15 is 0 Å². The van der Waals surface area contributed by atoms with Crippen LogP contribution in [0.5, 0.6) is 0 Å². The molecule has 0 radical (unpaired) electrons. The molecule has 0 amide bonds. The van der Waals surface area contributed by atoms with Gasteiger partial charge in [0, 0.05) is 18.8 Å². The number of aromatic nitrogens is 3. The van der Waals surface area contributed by atoms with Crippen LogP contribution in [-0.4, -0.2) is 15.1 Å². The van der Waals surface area contributed by atoms with Gasteiger partial charge in [-0.2, -0.15) is 4.98 Å². The Hall–Kier alpha value is -1.75. The molecule has 0 aromatic carbocycles. The van der Waals surface area contributed by atoms with Gasteiger partial charge in [-0.3, -0.25) is 4.98 Å². The summed E-state index contributed by atoms with van der Waals surface area (Å²) in [4.78, 5) is 8.19. The van der Waals surface area contributed by atoms with Gasteiger partial charge in [0.2, 0.25) is 5.89 Å². The Bertz CT molecular complexity index is 424. The van der Waals surface area contributed by atoms with E-state index in [0.29, 0.717) is 18.1 Å². The second kappa shape index (κ2) is 4.18. The lowest BCUT2D eigenvalue weighted by atomic mass is 10.2. The molecular weight excluding hydrogens is 192 g/mol. The first kappa shape index (κ1) is 9.79. The third-order valence-corrected chi connectivity index (χ3v) is 1.96. The van der Waals surface area contributed by atoms with Gasteiger partial charge in [0.25, 0.3) is 0 Å². The molecule has 15 heavy (non-hydrogen) atoms. The van der Waals surface area contributed by atoms with Crippen molar-refractivity contribution in [3.8, 4) is 0 Å². The Kier molecular flexibility index (Phi) is 2.73. The summed E-state index contributed by atoms with van der Waals surface area (Å²) in [5, 5.41) is 3.84. The van der Waals surface area contributed by atoms with Gasteiger partial charge in [-0.25, -0.2) is 0 Å². The normalized spacial score (nSPS) is 12.7. The summed E-state index contributed by atoms with van der Waals surface area (Å²) in [7, 11) is 0. The Morgan fingerprint density at radius 2 is 2.40 bits per heavy atom. The smallest absolute Gasteiger partial charge is 0.243 e. The van der Waals surface area contributed by atoms with Crippen LogP contribution in [0.4, 0.5) is 0 Å². The van der Waals surface area contributed by atoms with Crippen LogP contribution in [0.1, 0.15) is 30.2 Å². The molecule has 0 bridgehead atoms. The molecular formula is C10H12N4O.